The molecule has 3 N–H and O–H groups in total. The van der Waals surface area contributed by atoms with Gasteiger partial charge in [0.25, 0.3) is 10.0 Å². The number of aromatic nitrogens is 1. The Kier molecular flexibility index (Phi) is 4.17. The Labute approximate surface area is 128 Å². The van der Waals surface area contributed by atoms with Gasteiger partial charge in [-0.2, -0.15) is 0 Å². The summed E-state index contributed by atoms with van der Waals surface area (Å²) in [5.74, 6) is -0.779. The molecule has 0 atom stereocenters. The van der Waals surface area contributed by atoms with Gasteiger partial charge >= 0.3 is 0 Å². The lowest BCUT2D eigenvalue weighted by Crippen LogP contribution is -2.14. The van der Waals surface area contributed by atoms with Crippen molar-refractivity contribution in [1.82, 2.24) is 4.98 Å². The number of pyridine rings is 1. The number of sulfonamides is 1. The van der Waals surface area contributed by atoms with Gasteiger partial charge in [0.15, 0.2) is 0 Å². The van der Waals surface area contributed by atoms with E-state index in [1.807, 2.05) is 0 Å². The molecule has 5 nitrogen and oxygen atoms in total. The molecule has 0 aliphatic carbocycles. The Hall–Kier alpha value is -1.38. The molecule has 9 heteroatoms. The van der Waals surface area contributed by atoms with Crippen LogP contribution in [0.2, 0.25) is 5.02 Å². The van der Waals surface area contributed by atoms with E-state index in [1.165, 1.54) is 18.5 Å². The second-order valence-corrected chi connectivity index (χ2v) is 6.68. The van der Waals surface area contributed by atoms with Crippen LogP contribution >= 0.6 is 27.5 Å². The highest BCUT2D eigenvalue weighted by atomic mass is 79.9. The van der Waals surface area contributed by atoms with Crippen LogP contribution in [0.25, 0.3) is 0 Å². The average Bonchev–Trinajstić information content (AvgIpc) is 2.36. The maximum atomic E-state index is 13.2. The molecule has 1 aromatic heterocycles. The third-order valence-electron chi connectivity index (χ3n) is 2.36. The van der Waals surface area contributed by atoms with Crippen molar-refractivity contribution in [3.63, 3.8) is 0 Å². The van der Waals surface area contributed by atoms with Crippen molar-refractivity contribution in [3.05, 3.63) is 45.9 Å². The molecule has 106 valence electrons. The summed E-state index contributed by atoms with van der Waals surface area (Å²) in [4.78, 5) is 3.51. The Morgan fingerprint density at radius 3 is 2.75 bits per heavy atom. The van der Waals surface area contributed by atoms with E-state index in [1.54, 1.807) is 0 Å². The predicted molar refractivity (Wildman–Crippen MR) is 78.6 cm³/mol. The summed E-state index contributed by atoms with van der Waals surface area (Å²) in [5, 5.41) is -0.255. The molecular weight excluding hydrogens is 373 g/mol. The van der Waals surface area contributed by atoms with Crippen molar-refractivity contribution in [2.45, 2.75) is 4.90 Å². The number of anilines is 2. The van der Waals surface area contributed by atoms with E-state index < -0.39 is 15.8 Å². The normalized spacial score (nSPS) is 11.3. The van der Waals surface area contributed by atoms with E-state index in [2.05, 4.69) is 25.6 Å². The van der Waals surface area contributed by atoms with Crippen LogP contribution in [0, 0.1) is 5.82 Å². The van der Waals surface area contributed by atoms with Crippen LogP contribution in [0.15, 0.2) is 40.0 Å². The fraction of sp³-hybridized carbons (Fsp3) is 0. The van der Waals surface area contributed by atoms with E-state index in [0.717, 1.165) is 12.1 Å². The van der Waals surface area contributed by atoms with Gasteiger partial charge in [-0.15, -0.1) is 0 Å². The summed E-state index contributed by atoms with van der Waals surface area (Å²) in [5.41, 5.74) is 5.34. The zero-order chi connectivity index (χ0) is 14.9. The highest BCUT2D eigenvalue weighted by molar-refractivity contribution is 9.10. The van der Waals surface area contributed by atoms with Gasteiger partial charge in [0, 0.05) is 12.4 Å². The lowest BCUT2D eigenvalue weighted by Gasteiger charge is -2.11. The number of nitrogen functional groups attached to an aromatic ring is 1. The number of halogens is 3. The minimum Gasteiger partial charge on any atom is -0.396 e. The third kappa shape index (κ3) is 3.02. The van der Waals surface area contributed by atoms with Crippen LogP contribution in [0.1, 0.15) is 0 Å². The van der Waals surface area contributed by atoms with Crippen molar-refractivity contribution in [1.29, 1.82) is 0 Å². The van der Waals surface area contributed by atoms with Gasteiger partial charge < -0.3 is 5.73 Å². The molecule has 0 saturated carbocycles. The summed E-state index contributed by atoms with van der Waals surface area (Å²) in [6, 6.07) is 3.28. The minimum absolute atomic E-state index is 0.255. The Morgan fingerprint density at radius 2 is 2.10 bits per heavy atom. The van der Waals surface area contributed by atoms with Crippen LogP contribution < -0.4 is 10.5 Å². The molecule has 20 heavy (non-hydrogen) atoms. The first kappa shape index (κ1) is 15.0. The molecule has 1 aromatic carbocycles. The van der Waals surface area contributed by atoms with E-state index in [0.29, 0.717) is 4.47 Å². The maximum absolute atomic E-state index is 13.2. The van der Waals surface area contributed by atoms with Crippen LogP contribution in [0.3, 0.4) is 0 Å². The van der Waals surface area contributed by atoms with Crippen molar-refractivity contribution >= 4 is 48.9 Å². The Bertz CT molecular complexity index is 770. The number of nitrogens with zero attached hydrogens (tertiary/aromatic N) is 1. The number of hydrogen-bond acceptors (Lipinski definition) is 4. The summed E-state index contributed by atoms with van der Waals surface area (Å²) in [6.45, 7) is 0. The summed E-state index contributed by atoms with van der Waals surface area (Å²) >= 11 is 8.91. The highest BCUT2D eigenvalue weighted by Gasteiger charge is 2.21. The number of benzene rings is 1. The van der Waals surface area contributed by atoms with Gasteiger partial charge in [0.1, 0.15) is 10.7 Å². The molecule has 0 radical (unpaired) electrons. The standard InChI is InChI=1S/C11H8BrClFN3O2S/c12-6-5-16-2-1-10(6)17-20(18,19)11-4-9(15)8(14)3-7(11)13/h1-5H,15H2,(H,16,17). The molecule has 0 bridgehead atoms. The molecule has 0 unspecified atom stereocenters. The van der Waals surface area contributed by atoms with Gasteiger partial charge in [-0.25, -0.2) is 12.8 Å². The lowest BCUT2D eigenvalue weighted by molar-refractivity contribution is 0.600. The van der Waals surface area contributed by atoms with Crippen molar-refractivity contribution in [3.8, 4) is 0 Å². The van der Waals surface area contributed by atoms with E-state index >= 15 is 0 Å². The monoisotopic (exact) mass is 379 g/mol. The predicted octanol–water partition coefficient (Wildman–Crippen LogP) is 3.02. The second kappa shape index (κ2) is 5.55. The topological polar surface area (TPSA) is 85.1 Å². The SMILES string of the molecule is Nc1cc(S(=O)(=O)Nc2ccncc2Br)c(Cl)cc1F. The van der Waals surface area contributed by atoms with E-state index in [4.69, 9.17) is 17.3 Å². The molecule has 0 aliphatic heterocycles. The fourth-order valence-corrected chi connectivity index (χ4v) is 3.52. The maximum Gasteiger partial charge on any atom is 0.263 e. The smallest absolute Gasteiger partial charge is 0.263 e. The highest BCUT2D eigenvalue weighted by Crippen LogP contribution is 2.29. The van der Waals surface area contributed by atoms with Gasteiger partial charge in [-0.05, 0) is 34.1 Å². The van der Waals surface area contributed by atoms with Crippen LogP contribution in [0.4, 0.5) is 15.8 Å². The molecular formula is C11H8BrClFN3O2S. The zero-order valence-electron chi connectivity index (χ0n) is 9.77. The van der Waals surface area contributed by atoms with Gasteiger partial charge in [-0.1, -0.05) is 11.6 Å². The summed E-state index contributed by atoms with van der Waals surface area (Å²) in [6.07, 6.45) is 2.85. The van der Waals surface area contributed by atoms with E-state index in [-0.39, 0.29) is 21.3 Å². The minimum atomic E-state index is -3.99. The fourth-order valence-electron chi connectivity index (χ4n) is 1.41. The first-order chi connectivity index (χ1) is 9.31. The largest absolute Gasteiger partial charge is 0.396 e. The van der Waals surface area contributed by atoms with Crippen molar-refractivity contribution < 1.29 is 12.8 Å². The first-order valence-corrected chi connectivity index (χ1v) is 7.83. The Balaban J connectivity index is 2.47. The van der Waals surface area contributed by atoms with Crippen LogP contribution in [-0.4, -0.2) is 13.4 Å². The Morgan fingerprint density at radius 1 is 1.40 bits per heavy atom. The molecule has 0 saturated heterocycles. The average molecular weight is 381 g/mol. The molecule has 0 fully saturated rings. The number of nitrogens with one attached hydrogen (secondary N) is 1. The summed E-state index contributed by atoms with van der Waals surface area (Å²) in [7, 11) is -3.99. The summed E-state index contributed by atoms with van der Waals surface area (Å²) < 4.78 is 40.4. The van der Waals surface area contributed by atoms with Gasteiger partial charge in [-0.3, -0.25) is 9.71 Å². The molecule has 2 rings (SSSR count). The molecule has 0 amide bonds. The van der Waals surface area contributed by atoms with Crippen molar-refractivity contribution in [2.24, 2.45) is 0 Å². The number of rotatable bonds is 3. The zero-order valence-corrected chi connectivity index (χ0v) is 12.9. The number of nitrogens with two attached hydrogens (primary N) is 1. The van der Waals surface area contributed by atoms with Crippen LogP contribution in [-0.2, 0) is 10.0 Å². The lowest BCUT2D eigenvalue weighted by atomic mass is 10.3. The second-order valence-electron chi connectivity index (χ2n) is 3.77. The third-order valence-corrected chi connectivity index (χ3v) is 4.82. The first-order valence-electron chi connectivity index (χ1n) is 5.18. The van der Waals surface area contributed by atoms with Gasteiger partial charge in [0.05, 0.1) is 20.9 Å². The molecule has 0 aliphatic rings. The van der Waals surface area contributed by atoms with Crippen LogP contribution in [0.5, 0.6) is 0 Å². The number of hydrogen-bond donors (Lipinski definition) is 2. The molecule has 0 spiro atoms. The van der Waals surface area contributed by atoms with Gasteiger partial charge in [0.2, 0.25) is 0 Å². The van der Waals surface area contributed by atoms with E-state index in [9.17, 15) is 12.8 Å². The quantitative estimate of drug-likeness (QED) is 0.802. The molecule has 1 heterocycles. The molecule has 2 aromatic rings. The van der Waals surface area contributed by atoms with Crippen molar-refractivity contribution in [2.75, 3.05) is 10.5 Å².